The van der Waals surface area contributed by atoms with Crippen LogP contribution in [-0.2, 0) is 22.1 Å². The second-order valence-electron chi connectivity index (χ2n) is 8.44. The van der Waals surface area contributed by atoms with Crippen molar-refractivity contribution in [2.24, 2.45) is 13.0 Å². The number of benzene rings is 1. The molecule has 5 rings (SSSR count). The highest BCUT2D eigenvalue weighted by molar-refractivity contribution is 5.66. The maximum Gasteiger partial charge on any atom is 0.227 e. The SMILES string of the molecule is Cn1cc(-c2ccc(Nc3nccc(C4(OC5CCOCC5)C=CC=CC4C#N)n3)cc2)cn1. The predicted octanol–water partition coefficient (Wildman–Crippen LogP) is 4.28. The lowest BCUT2D eigenvalue weighted by atomic mass is 9.81. The zero-order chi connectivity index (χ0) is 23.4. The number of nitriles is 1. The second-order valence-corrected chi connectivity index (χ2v) is 8.44. The Labute approximate surface area is 198 Å². The van der Waals surface area contributed by atoms with E-state index in [2.05, 4.69) is 21.5 Å². The summed E-state index contributed by atoms with van der Waals surface area (Å²) in [6.45, 7) is 1.31. The summed E-state index contributed by atoms with van der Waals surface area (Å²) in [6.07, 6.45) is 14.7. The zero-order valence-electron chi connectivity index (χ0n) is 19.0. The number of nitrogens with one attached hydrogen (secondary N) is 1. The van der Waals surface area contributed by atoms with Crippen molar-refractivity contribution in [2.75, 3.05) is 18.5 Å². The first-order chi connectivity index (χ1) is 16.7. The first-order valence-corrected chi connectivity index (χ1v) is 11.4. The van der Waals surface area contributed by atoms with Gasteiger partial charge in [-0.25, -0.2) is 9.97 Å². The molecule has 1 aromatic carbocycles. The van der Waals surface area contributed by atoms with Crippen LogP contribution < -0.4 is 5.32 Å². The number of ether oxygens (including phenoxy) is 2. The summed E-state index contributed by atoms with van der Waals surface area (Å²) in [5.41, 5.74) is 2.66. The summed E-state index contributed by atoms with van der Waals surface area (Å²) < 4.78 is 13.9. The van der Waals surface area contributed by atoms with Gasteiger partial charge in [-0.3, -0.25) is 4.68 Å². The van der Waals surface area contributed by atoms with Gasteiger partial charge in [-0.15, -0.1) is 0 Å². The third kappa shape index (κ3) is 4.49. The molecule has 0 amide bonds. The fourth-order valence-corrected chi connectivity index (χ4v) is 4.33. The van der Waals surface area contributed by atoms with Crippen LogP contribution in [0.3, 0.4) is 0 Å². The minimum atomic E-state index is -0.977. The molecule has 2 aromatic heterocycles. The van der Waals surface area contributed by atoms with Gasteiger partial charge in [0.2, 0.25) is 5.95 Å². The van der Waals surface area contributed by atoms with Gasteiger partial charge in [-0.1, -0.05) is 30.4 Å². The van der Waals surface area contributed by atoms with Gasteiger partial charge < -0.3 is 14.8 Å². The molecule has 2 atom stereocenters. The van der Waals surface area contributed by atoms with E-state index in [1.807, 2.05) is 74.1 Å². The Morgan fingerprint density at radius 1 is 1.15 bits per heavy atom. The first-order valence-electron chi connectivity index (χ1n) is 11.4. The van der Waals surface area contributed by atoms with Crippen molar-refractivity contribution in [3.63, 3.8) is 0 Å². The van der Waals surface area contributed by atoms with E-state index < -0.39 is 11.5 Å². The van der Waals surface area contributed by atoms with E-state index in [9.17, 15) is 5.26 Å². The Bertz CT molecular complexity index is 1240. The first kappa shape index (κ1) is 22.0. The van der Waals surface area contributed by atoms with Crippen molar-refractivity contribution in [3.05, 3.63) is 78.9 Å². The lowest BCUT2D eigenvalue weighted by Crippen LogP contribution is -2.42. The van der Waals surface area contributed by atoms with Crippen molar-refractivity contribution >= 4 is 11.6 Å². The number of rotatable bonds is 6. The van der Waals surface area contributed by atoms with Gasteiger partial charge in [0.05, 0.1) is 24.1 Å². The monoisotopic (exact) mass is 454 g/mol. The fraction of sp³-hybridized carbons (Fsp3) is 0.308. The molecule has 172 valence electrons. The van der Waals surface area contributed by atoms with Crippen LogP contribution in [0.15, 0.2) is 73.2 Å². The topological polar surface area (TPSA) is 97.9 Å². The minimum Gasteiger partial charge on any atom is -0.381 e. The maximum atomic E-state index is 9.94. The molecule has 1 aliphatic carbocycles. The van der Waals surface area contributed by atoms with Crippen LogP contribution in [-0.4, -0.2) is 39.1 Å². The van der Waals surface area contributed by atoms with Gasteiger partial charge in [0, 0.05) is 43.9 Å². The molecule has 8 heteroatoms. The molecule has 1 saturated heterocycles. The van der Waals surface area contributed by atoms with Crippen LogP contribution in [0.4, 0.5) is 11.6 Å². The molecule has 3 aromatic rings. The summed E-state index contributed by atoms with van der Waals surface area (Å²) in [5.74, 6) is -0.0527. The number of hydrogen-bond donors (Lipinski definition) is 1. The van der Waals surface area contributed by atoms with Gasteiger partial charge >= 0.3 is 0 Å². The van der Waals surface area contributed by atoms with E-state index in [1.165, 1.54) is 0 Å². The Morgan fingerprint density at radius 3 is 2.71 bits per heavy atom. The Balaban J connectivity index is 1.41. The van der Waals surface area contributed by atoms with Crippen LogP contribution in [0.25, 0.3) is 11.1 Å². The number of nitrogens with zero attached hydrogens (tertiary/aromatic N) is 5. The molecule has 2 aliphatic rings. The lowest BCUT2D eigenvalue weighted by Gasteiger charge is -2.39. The van der Waals surface area contributed by atoms with Gasteiger partial charge in [0.1, 0.15) is 11.5 Å². The summed E-state index contributed by atoms with van der Waals surface area (Å²) in [7, 11) is 1.90. The molecule has 0 radical (unpaired) electrons. The van der Waals surface area contributed by atoms with E-state index in [-0.39, 0.29) is 6.10 Å². The Morgan fingerprint density at radius 2 is 1.97 bits per heavy atom. The molecular weight excluding hydrogens is 428 g/mol. The van der Waals surface area contributed by atoms with E-state index in [4.69, 9.17) is 14.5 Å². The normalized spacial score (nSPS) is 22.4. The third-order valence-electron chi connectivity index (χ3n) is 6.12. The van der Waals surface area contributed by atoms with Crippen LogP contribution in [0.2, 0.25) is 0 Å². The molecule has 2 unspecified atom stereocenters. The minimum absolute atomic E-state index is 0.00727. The van der Waals surface area contributed by atoms with Crippen molar-refractivity contribution in [3.8, 4) is 17.2 Å². The van der Waals surface area contributed by atoms with E-state index >= 15 is 0 Å². The van der Waals surface area contributed by atoms with Crippen LogP contribution in [0, 0.1) is 17.2 Å². The molecular formula is C26H26N6O2. The van der Waals surface area contributed by atoms with Crippen molar-refractivity contribution < 1.29 is 9.47 Å². The van der Waals surface area contributed by atoms with Crippen molar-refractivity contribution in [1.29, 1.82) is 5.26 Å². The molecule has 34 heavy (non-hydrogen) atoms. The number of aryl methyl sites for hydroxylation is 1. The van der Waals surface area contributed by atoms with Crippen LogP contribution >= 0.6 is 0 Å². The Kier molecular flexibility index (Phi) is 6.21. The molecule has 0 spiro atoms. The fourth-order valence-electron chi connectivity index (χ4n) is 4.33. The van der Waals surface area contributed by atoms with Crippen molar-refractivity contribution in [1.82, 2.24) is 19.7 Å². The molecule has 3 heterocycles. The highest BCUT2D eigenvalue weighted by Gasteiger charge is 2.43. The summed E-state index contributed by atoms with van der Waals surface area (Å²) in [6, 6.07) is 12.2. The predicted molar refractivity (Wildman–Crippen MR) is 128 cm³/mol. The molecule has 1 aliphatic heterocycles. The standard InChI is InChI=1S/C26H26N6O2/c1-32-18-20(17-29-32)19-5-7-22(8-6-19)30-25-28-13-9-24(31-25)26(12-3-2-4-21(26)16-27)34-23-10-14-33-15-11-23/h2-9,12-13,17-18,21,23H,10-11,14-15H2,1H3,(H,28,30,31). The second kappa shape index (κ2) is 9.59. The molecule has 1 N–H and O–H groups in total. The molecule has 0 bridgehead atoms. The number of hydrogen-bond acceptors (Lipinski definition) is 7. The number of allylic oxidation sites excluding steroid dienone is 2. The number of anilines is 2. The van der Waals surface area contributed by atoms with Gasteiger partial charge in [-0.05, 0) is 42.7 Å². The number of aromatic nitrogens is 4. The smallest absolute Gasteiger partial charge is 0.227 e. The summed E-state index contributed by atoms with van der Waals surface area (Å²) in [4.78, 5) is 9.19. The van der Waals surface area contributed by atoms with Crippen LogP contribution in [0.1, 0.15) is 18.5 Å². The summed E-state index contributed by atoms with van der Waals surface area (Å²) in [5, 5.41) is 17.4. The molecule has 8 nitrogen and oxygen atoms in total. The quantitative estimate of drug-likeness (QED) is 0.594. The van der Waals surface area contributed by atoms with Gasteiger partial charge in [-0.2, -0.15) is 10.4 Å². The Hall–Kier alpha value is -3.80. The highest BCUT2D eigenvalue weighted by Crippen LogP contribution is 2.40. The molecule has 1 fully saturated rings. The van der Waals surface area contributed by atoms with Crippen molar-refractivity contribution in [2.45, 2.75) is 24.5 Å². The van der Waals surface area contributed by atoms with E-state index in [0.717, 1.165) is 29.7 Å². The van der Waals surface area contributed by atoms with Gasteiger partial charge in [0.15, 0.2) is 0 Å². The zero-order valence-corrected chi connectivity index (χ0v) is 19.0. The largest absolute Gasteiger partial charge is 0.381 e. The van der Waals surface area contributed by atoms with Crippen LogP contribution in [0.5, 0.6) is 0 Å². The maximum absolute atomic E-state index is 9.94. The van der Waals surface area contributed by atoms with E-state index in [0.29, 0.717) is 24.9 Å². The van der Waals surface area contributed by atoms with Gasteiger partial charge in [0.25, 0.3) is 0 Å². The summed E-state index contributed by atoms with van der Waals surface area (Å²) >= 11 is 0. The molecule has 0 saturated carbocycles. The highest BCUT2D eigenvalue weighted by atomic mass is 16.5. The average Bonchev–Trinajstić information content (AvgIpc) is 3.32. The third-order valence-corrected chi connectivity index (χ3v) is 6.12. The average molecular weight is 455 g/mol. The van der Waals surface area contributed by atoms with E-state index in [1.54, 1.807) is 10.9 Å². The lowest BCUT2D eigenvalue weighted by molar-refractivity contribution is -0.119.